The molecular formula is C14H17ClN2O4S. The number of carbonyl (C=O) groups is 1. The molecule has 0 radical (unpaired) electrons. The maximum absolute atomic E-state index is 12.5. The Morgan fingerprint density at radius 3 is 2.55 bits per heavy atom. The number of hydrogen-bond donors (Lipinski definition) is 1. The highest BCUT2D eigenvalue weighted by atomic mass is 35.5. The molecule has 0 unspecified atom stereocenters. The Kier molecular flexibility index (Phi) is 4.05. The van der Waals surface area contributed by atoms with Gasteiger partial charge in [-0.1, -0.05) is 29.8 Å². The average Bonchev–Trinajstić information content (AvgIpc) is 2.83. The number of piperidine rings is 1. The molecule has 1 amide bonds. The van der Waals surface area contributed by atoms with Crippen LogP contribution in [0.1, 0.15) is 18.4 Å². The van der Waals surface area contributed by atoms with Gasteiger partial charge in [0, 0.05) is 31.0 Å². The normalized spacial score (nSPS) is 21.6. The van der Waals surface area contributed by atoms with E-state index in [1.807, 2.05) is 0 Å². The first kappa shape index (κ1) is 15.6. The van der Waals surface area contributed by atoms with Crippen molar-refractivity contribution in [2.45, 2.75) is 24.2 Å². The molecule has 0 atom stereocenters. The van der Waals surface area contributed by atoms with Crippen LogP contribution in [-0.4, -0.2) is 44.1 Å². The fourth-order valence-electron chi connectivity index (χ4n) is 2.86. The summed E-state index contributed by atoms with van der Waals surface area (Å²) >= 11 is 6.04. The zero-order valence-electron chi connectivity index (χ0n) is 11.9. The number of alkyl carbamates (subject to hydrolysis) is 1. The first-order chi connectivity index (χ1) is 10.4. The number of rotatable bonds is 3. The third kappa shape index (κ3) is 3.06. The quantitative estimate of drug-likeness (QED) is 0.906. The molecule has 0 saturated carbocycles. The van der Waals surface area contributed by atoms with E-state index in [-0.39, 0.29) is 5.75 Å². The Balaban J connectivity index is 1.67. The van der Waals surface area contributed by atoms with E-state index >= 15 is 0 Å². The van der Waals surface area contributed by atoms with Crippen LogP contribution in [0.15, 0.2) is 24.3 Å². The maximum atomic E-state index is 12.5. The Hall–Kier alpha value is -1.31. The minimum Gasteiger partial charge on any atom is -0.441 e. The fourth-order valence-corrected chi connectivity index (χ4v) is 4.70. The van der Waals surface area contributed by atoms with Crippen LogP contribution in [0, 0.1) is 0 Å². The smallest absolute Gasteiger partial charge is 0.407 e. The minimum absolute atomic E-state index is 0.113. The second-order valence-corrected chi connectivity index (χ2v) is 8.05. The van der Waals surface area contributed by atoms with Gasteiger partial charge in [0.05, 0.1) is 12.3 Å². The van der Waals surface area contributed by atoms with Crippen molar-refractivity contribution in [1.82, 2.24) is 9.62 Å². The van der Waals surface area contributed by atoms with Crippen LogP contribution in [0.25, 0.3) is 0 Å². The summed E-state index contributed by atoms with van der Waals surface area (Å²) in [5.41, 5.74) is 0.0476. The molecule has 1 spiro atoms. The van der Waals surface area contributed by atoms with Crippen molar-refractivity contribution in [2.24, 2.45) is 0 Å². The summed E-state index contributed by atoms with van der Waals surface area (Å²) < 4.78 is 31.8. The van der Waals surface area contributed by atoms with Gasteiger partial charge in [-0.15, -0.1) is 0 Å². The molecule has 8 heteroatoms. The third-order valence-electron chi connectivity index (χ3n) is 4.19. The van der Waals surface area contributed by atoms with Gasteiger partial charge in [0.2, 0.25) is 10.0 Å². The van der Waals surface area contributed by atoms with Crippen LogP contribution in [0.3, 0.4) is 0 Å². The highest BCUT2D eigenvalue weighted by Gasteiger charge is 2.44. The van der Waals surface area contributed by atoms with Gasteiger partial charge in [0.1, 0.15) is 5.60 Å². The number of amides is 1. The molecule has 2 heterocycles. The highest BCUT2D eigenvalue weighted by Crippen LogP contribution is 2.31. The molecule has 0 bridgehead atoms. The van der Waals surface area contributed by atoms with Crippen LogP contribution < -0.4 is 5.32 Å². The number of ether oxygens (including phenoxy) is 1. The fraction of sp³-hybridized carbons (Fsp3) is 0.500. The average molecular weight is 345 g/mol. The second-order valence-electron chi connectivity index (χ2n) is 5.67. The summed E-state index contributed by atoms with van der Waals surface area (Å²) in [5, 5.41) is 3.09. The van der Waals surface area contributed by atoms with E-state index in [9.17, 15) is 13.2 Å². The lowest BCUT2D eigenvalue weighted by Gasteiger charge is -2.36. The standard InChI is InChI=1S/C14H17ClN2O4S/c15-12-4-2-1-3-11(12)9-22(19,20)17-7-5-14(6-8-17)10-16-13(18)21-14/h1-4H,5-10H2,(H,16,18). The van der Waals surface area contributed by atoms with Crippen LogP contribution in [0.2, 0.25) is 5.02 Å². The van der Waals surface area contributed by atoms with Gasteiger partial charge in [-0.25, -0.2) is 17.5 Å². The Morgan fingerprint density at radius 2 is 1.95 bits per heavy atom. The SMILES string of the molecule is O=C1NCC2(CCN(S(=O)(=O)Cc3ccccc3Cl)CC2)O1. The summed E-state index contributed by atoms with van der Waals surface area (Å²) in [6.45, 7) is 1.15. The van der Waals surface area contributed by atoms with Gasteiger partial charge in [-0.2, -0.15) is 0 Å². The van der Waals surface area contributed by atoms with Crippen molar-refractivity contribution in [3.05, 3.63) is 34.9 Å². The topological polar surface area (TPSA) is 75.7 Å². The number of halogens is 1. The summed E-state index contributed by atoms with van der Waals surface area (Å²) in [5.74, 6) is -0.113. The van der Waals surface area contributed by atoms with E-state index in [4.69, 9.17) is 16.3 Å². The minimum atomic E-state index is -3.43. The molecule has 1 N–H and O–H groups in total. The van der Waals surface area contributed by atoms with Gasteiger partial charge < -0.3 is 10.1 Å². The summed E-state index contributed by atoms with van der Waals surface area (Å²) in [7, 11) is -3.43. The monoisotopic (exact) mass is 344 g/mol. The number of benzene rings is 1. The van der Waals surface area contributed by atoms with Crippen molar-refractivity contribution in [3.63, 3.8) is 0 Å². The number of hydrogen-bond acceptors (Lipinski definition) is 4. The lowest BCUT2D eigenvalue weighted by molar-refractivity contribution is 0.0173. The van der Waals surface area contributed by atoms with E-state index in [1.165, 1.54) is 4.31 Å². The summed E-state index contributed by atoms with van der Waals surface area (Å²) in [6, 6.07) is 6.94. The van der Waals surface area contributed by atoms with Gasteiger partial charge in [-0.05, 0) is 11.6 Å². The first-order valence-electron chi connectivity index (χ1n) is 7.08. The Labute approximate surface area is 134 Å². The van der Waals surface area contributed by atoms with Gasteiger partial charge in [-0.3, -0.25) is 0 Å². The Morgan fingerprint density at radius 1 is 1.27 bits per heavy atom. The largest absolute Gasteiger partial charge is 0.441 e. The molecule has 6 nitrogen and oxygen atoms in total. The first-order valence-corrected chi connectivity index (χ1v) is 9.07. The molecule has 2 aliphatic rings. The number of nitrogens with one attached hydrogen (secondary N) is 1. The van der Waals surface area contributed by atoms with Crippen LogP contribution in [0.4, 0.5) is 4.79 Å². The molecule has 2 aliphatic heterocycles. The lowest BCUT2D eigenvalue weighted by Crippen LogP contribution is -2.48. The third-order valence-corrected chi connectivity index (χ3v) is 6.38. The zero-order chi connectivity index (χ0) is 15.8. The van der Waals surface area contributed by atoms with Gasteiger partial charge in [0.15, 0.2) is 0 Å². The van der Waals surface area contributed by atoms with E-state index in [2.05, 4.69) is 5.32 Å². The molecular weight excluding hydrogens is 328 g/mol. The van der Waals surface area contributed by atoms with Crippen molar-refractivity contribution in [2.75, 3.05) is 19.6 Å². The molecule has 1 aromatic carbocycles. The molecule has 3 rings (SSSR count). The molecule has 1 aromatic rings. The van der Waals surface area contributed by atoms with Crippen molar-refractivity contribution in [3.8, 4) is 0 Å². The number of nitrogens with zero attached hydrogens (tertiary/aromatic N) is 1. The molecule has 2 saturated heterocycles. The molecule has 120 valence electrons. The lowest BCUT2D eigenvalue weighted by atomic mass is 9.93. The van der Waals surface area contributed by atoms with E-state index in [1.54, 1.807) is 24.3 Å². The van der Waals surface area contributed by atoms with Gasteiger partial charge in [0.25, 0.3) is 0 Å². The molecule has 2 fully saturated rings. The van der Waals surface area contributed by atoms with Crippen molar-refractivity contribution in [1.29, 1.82) is 0 Å². The predicted octanol–water partition coefficient (Wildman–Crippen LogP) is 1.74. The predicted molar refractivity (Wildman–Crippen MR) is 82.1 cm³/mol. The Bertz CT molecular complexity index is 684. The van der Waals surface area contributed by atoms with Crippen molar-refractivity contribution >= 4 is 27.7 Å². The summed E-state index contributed by atoms with van der Waals surface area (Å²) in [6.07, 6.45) is 0.591. The number of carbonyl (C=O) groups excluding carboxylic acids is 1. The van der Waals surface area contributed by atoms with Crippen LogP contribution in [0.5, 0.6) is 0 Å². The molecule has 0 aromatic heterocycles. The van der Waals surface area contributed by atoms with Crippen LogP contribution >= 0.6 is 11.6 Å². The van der Waals surface area contributed by atoms with Gasteiger partial charge >= 0.3 is 6.09 Å². The number of sulfonamides is 1. The highest BCUT2D eigenvalue weighted by molar-refractivity contribution is 7.88. The summed E-state index contributed by atoms with van der Waals surface area (Å²) in [4.78, 5) is 11.2. The van der Waals surface area contributed by atoms with E-state index in [0.717, 1.165) is 0 Å². The van der Waals surface area contributed by atoms with E-state index < -0.39 is 21.7 Å². The molecule has 22 heavy (non-hydrogen) atoms. The van der Waals surface area contributed by atoms with E-state index in [0.29, 0.717) is 43.1 Å². The second kappa shape index (κ2) is 5.72. The van der Waals surface area contributed by atoms with Crippen molar-refractivity contribution < 1.29 is 17.9 Å². The van der Waals surface area contributed by atoms with Crippen LogP contribution in [-0.2, 0) is 20.5 Å². The maximum Gasteiger partial charge on any atom is 0.407 e. The zero-order valence-corrected chi connectivity index (χ0v) is 13.5. The molecule has 0 aliphatic carbocycles.